The molecule has 1 nitrogen and oxygen atoms in total. The third-order valence-corrected chi connectivity index (χ3v) is 11.4. The van der Waals surface area contributed by atoms with Crippen molar-refractivity contribution in [3.63, 3.8) is 0 Å². The van der Waals surface area contributed by atoms with Gasteiger partial charge in [0.15, 0.2) is 0 Å². The molecule has 0 unspecified atom stereocenters. The van der Waals surface area contributed by atoms with Crippen LogP contribution in [0, 0.1) is 0 Å². The standard InChI is InChI=1S/C58H38O/c1-5-19-39(20-6-1)44-35-45(40-21-7-2-8-22-40)37-46(36-44)43-33-34-54-53(38-43)57(58(59-54)42-25-11-4-12-26-42)56-51-31-17-15-29-49(51)55(50-30-16-18-32-52(50)56)48-28-14-13-27-47(48)41-23-9-3-10-24-41/h1-38H/i15D,17D,29D,31D. The lowest BCUT2D eigenvalue weighted by Crippen LogP contribution is -1.93. The van der Waals surface area contributed by atoms with Crippen LogP contribution in [0.4, 0.5) is 0 Å². The summed E-state index contributed by atoms with van der Waals surface area (Å²) in [5, 5.41) is 3.48. The first kappa shape index (κ1) is 30.4. The van der Waals surface area contributed by atoms with Crippen LogP contribution < -0.4 is 0 Å². The third kappa shape index (κ3) is 6.12. The van der Waals surface area contributed by atoms with Gasteiger partial charge in [-0.25, -0.2) is 0 Å². The minimum absolute atomic E-state index is 0.0863. The molecule has 0 spiro atoms. The minimum Gasteiger partial charge on any atom is -0.455 e. The van der Waals surface area contributed by atoms with E-state index in [2.05, 4.69) is 115 Å². The quantitative estimate of drug-likeness (QED) is 0.148. The summed E-state index contributed by atoms with van der Waals surface area (Å²) in [7, 11) is 0. The van der Waals surface area contributed by atoms with Crippen molar-refractivity contribution in [3.8, 4) is 78.1 Å². The zero-order valence-corrected chi connectivity index (χ0v) is 32.0. The van der Waals surface area contributed by atoms with E-state index in [4.69, 9.17) is 7.16 Å². The summed E-state index contributed by atoms with van der Waals surface area (Å²) >= 11 is 0. The van der Waals surface area contributed by atoms with Crippen LogP contribution in [-0.4, -0.2) is 0 Å². The second-order valence-electron chi connectivity index (χ2n) is 14.9. The maximum absolute atomic E-state index is 9.77. The van der Waals surface area contributed by atoms with Gasteiger partial charge in [-0.3, -0.25) is 0 Å². The molecule has 11 rings (SSSR count). The largest absolute Gasteiger partial charge is 0.455 e. The summed E-state index contributed by atoms with van der Waals surface area (Å²) in [5.41, 5.74) is 13.1. The van der Waals surface area contributed by atoms with Crippen molar-refractivity contribution in [3.05, 3.63) is 230 Å². The number of hydrogen-bond donors (Lipinski definition) is 0. The van der Waals surface area contributed by atoms with E-state index in [0.29, 0.717) is 27.7 Å². The van der Waals surface area contributed by atoms with E-state index >= 15 is 0 Å². The number of benzene rings is 10. The van der Waals surface area contributed by atoms with Crippen molar-refractivity contribution in [2.75, 3.05) is 0 Å². The lowest BCUT2D eigenvalue weighted by molar-refractivity contribution is 0.632. The van der Waals surface area contributed by atoms with Crippen LogP contribution in [0.5, 0.6) is 0 Å². The Morgan fingerprint density at radius 1 is 0.288 bits per heavy atom. The smallest absolute Gasteiger partial charge is 0.143 e. The Morgan fingerprint density at radius 3 is 1.34 bits per heavy atom. The molecule has 0 bridgehead atoms. The van der Waals surface area contributed by atoms with E-state index in [1.165, 1.54) is 0 Å². The average molecular weight is 755 g/mol. The Morgan fingerprint density at radius 2 is 0.746 bits per heavy atom. The van der Waals surface area contributed by atoms with Crippen molar-refractivity contribution in [2.45, 2.75) is 0 Å². The second-order valence-corrected chi connectivity index (χ2v) is 14.9. The van der Waals surface area contributed by atoms with E-state index in [-0.39, 0.29) is 24.2 Å². The average Bonchev–Trinajstić information content (AvgIpc) is 3.73. The minimum atomic E-state index is -0.285. The molecule has 0 aliphatic heterocycles. The van der Waals surface area contributed by atoms with Crippen LogP contribution in [0.3, 0.4) is 0 Å². The Balaban J connectivity index is 1.27. The summed E-state index contributed by atoms with van der Waals surface area (Å²) in [6.45, 7) is 0. The van der Waals surface area contributed by atoms with Crippen molar-refractivity contribution in [1.29, 1.82) is 0 Å². The molecule has 276 valence electrons. The molecule has 0 saturated carbocycles. The van der Waals surface area contributed by atoms with E-state index in [0.717, 1.165) is 82.9 Å². The van der Waals surface area contributed by atoms with Gasteiger partial charge in [0, 0.05) is 22.1 Å². The number of furan rings is 1. The molecule has 0 aliphatic rings. The Bertz CT molecular complexity index is 3470. The van der Waals surface area contributed by atoms with Crippen LogP contribution in [0.2, 0.25) is 0 Å². The first-order valence-electron chi connectivity index (χ1n) is 21.9. The highest BCUT2D eigenvalue weighted by Crippen LogP contribution is 2.51. The lowest BCUT2D eigenvalue weighted by Gasteiger charge is -2.20. The second kappa shape index (κ2) is 14.6. The van der Waals surface area contributed by atoms with Gasteiger partial charge in [0.05, 0.1) is 5.48 Å². The number of fused-ring (bicyclic) bond motifs is 3. The Kier molecular flexibility index (Phi) is 7.55. The van der Waals surface area contributed by atoms with E-state index in [9.17, 15) is 2.74 Å². The van der Waals surface area contributed by atoms with Gasteiger partial charge in [-0.1, -0.05) is 200 Å². The van der Waals surface area contributed by atoms with E-state index < -0.39 is 0 Å². The van der Waals surface area contributed by atoms with Gasteiger partial charge in [0.1, 0.15) is 11.3 Å². The summed E-state index contributed by atoms with van der Waals surface area (Å²) < 4.78 is 44.6. The topological polar surface area (TPSA) is 13.1 Å². The summed E-state index contributed by atoms with van der Waals surface area (Å²) in [6, 6.07) is 69.7. The summed E-state index contributed by atoms with van der Waals surface area (Å²) in [5.74, 6) is 0.627. The van der Waals surface area contributed by atoms with Crippen molar-refractivity contribution in [1.82, 2.24) is 0 Å². The van der Waals surface area contributed by atoms with Crippen molar-refractivity contribution >= 4 is 32.5 Å². The normalized spacial score (nSPS) is 12.3. The molecule has 59 heavy (non-hydrogen) atoms. The maximum Gasteiger partial charge on any atom is 0.143 e. The molecule has 0 saturated heterocycles. The van der Waals surface area contributed by atoms with Crippen molar-refractivity contribution in [2.24, 2.45) is 0 Å². The van der Waals surface area contributed by atoms with Gasteiger partial charge in [-0.15, -0.1) is 0 Å². The SMILES string of the molecule is [2H]c1c([2H])c([2H])c2c(-c3c(-c4ccccc4)oc4ccc(-c5cc(-c6ccccc6)cc(-c6ccccc6)c5)cc34)c3ccccc3c(-c3ccccc3-c3ccccc3)c2c1[2H]. The molecule has 11 aromatic rings. The lowest BCUT2D eigenvalue weighted by atomic mass is 9.82. The van der Waals surface area contributed by atoms with Gasteiger partial charge in [-0.2, -0.15) is 0 Å². The molecule has 0 amide bonds. The summed E-state index contributed by atoms with van der Waals surface area (Å²) in [6.07, 6.45) is 0. The fraction of sp³-hybridized carbons (Fsp3) is 0. The maximum atomic E-state index is 9.77. The first-order valence-corrected chi connectivity index (χ1v) is 19.9. The molecule has 0 N–H and O–H groups in total. The molecule has 1 heterocycles. The van der Waals surface area contributed by atoms with Crippen molar-refractivity contribution < 1.29 is 9.90 Å². The molecule has 1 aromatic heterocycles. The van der Waals surface area contributed by atoms with E-state index in [1.807, 2.05) is 91.0 Å². The predicted octanol–water partition coefficient (Wildman–Crippen LogP) is 16.4. The van der Waals surface area contributed by atoms with E-state index in [1.54, 1.807) is 0 Å². The molecule has 0 fully saturated rings. The number of rotatable bonds is 7. The molecule has 10 aromatic carbocycles. The van der Waals surface area contributed by atoms with Crippen LogP contribution >= 0.6 is 0 Å². The molecular weight excluding hydrogens is 713 g/mol. The molecule has 1 heteroatoms. The molecular formula is C58H38O. The summed E-state index contributed by atoms with van der Waals surface area (Å²) in [4.78, 5) is 0. The van der Waals surface area contributed by atoms with Crippen LogP contribution in [0.15, 0.2) is 235 Å². The van der Waals surface area contributed by atoms with Gasteiger partial charge < -0.3 is 4.42 Å². The zero-order valence-electron chi connectivity index (χ0n) is 36.0. The van der Waals surface area contributed by atoms with Gasteiger partial charge in [-0.05, 0) is 108 Å². The first-order chi connectivity index (χ1) is 30.9. The molecule has 0 aliphatic carbocycles. The fourth-order valence-corrected chi connectivity index (χ4v) is 8.69. The molecule has 0 radical (unpaired) electrons. The Labute approximate surface area is 349 Å². The zero-order chi connectivity index (χ0) is 42.6. The molecule has 0 atom stereocenters. The highest BCUT2D eigenvalue weighted by Gasteiger charge is 2.25. The Hall–Kier alpha value is -7.74. The highest BCUT2D eigenvalue weighted by molar-refractivity contribution is 6.25. The van der Waals surface area contributed by atoms with Gasteiger partial charge in [0.25, 0.3) is 0 Å². The fourth-order valence-electron chi connectivity index (χ4n) is 8.69. The highest BCUT2D eigenvalue weighted by atomic mass is 16.3. The van der Waals surface area contributed by atoms with Crippen LogP contribution in [0.25, 0.3) is 111 Å². The van der Waals surface area contributed by atoms with Gasteiger partial charge in [0.2, 0.25) is 0 Å². The monoisotopic (exact) mass is 754 g/mol. The third-order valence-electron chi connectivity index (χ3n) is 11.4. The predicted molar refractivity (Wildman–Crippen MR) is 249 cm³/mol. The van der Waals surface area contributed by atoms with Gasteiger partial charge >= 0.3 is 0 Å². The number of hydrogen-bond acceptors (Lipinski definition) is 1. The van der Waals surface area contributed by atoms with Crippen LogP contribution in [0.1, 0.15) is 5.48 Å². The van der Waals surface area contributed by atoms with Crippen LogP contribution in [-0.2, 0) is 0 Å².